The molecule has 8 heteroatoms. The van der Waals surface area contributed by atoms with Gasteiger partial charge in [0.1, 0.15) is 6.26 Å². The van der Waals surface area contributed by atoms with Crippen LogP contribution in [0.5, 0.6) is 0 Å². The van der Waals surface area contributed by atoms with Gasteiger partial charge in [0, 0.05) is 22.7 Å². The molecule has 0 fully saturated rings. The van der Waals surface area contributed by atoms with Crippen molar-refractivity contribution in [2.24, 2.45) is 0 Å². The highest BCUT2D eigenvalue weighted by atomic mass is 35.5. The third kappa shape index (κ3) is 4.81. The van der Waals surface area contributed by atoms with Gasteiger partial charge in [-0.1, -0.05) is 40.9 Å². The Bertz CT molecular complexity index is 478. The van der Waals surface area contributed by atoms with Crippen molar-refractivity contribution in [2.75, 3.05) is 7.11 Å². The Balaban J connectivity index is 2.70. The maximum Gasteiger partial charge on any atom is 0.529 e. The first-order valence-electron chi connectivity index (χ1n) is 4.68. The van der Waals surface area contributed by atoms with E-state index in [2.05, 4.69) is 4.52 Å². The zero-order valence-corrected chi connectivity index (χ0v) is 12.5. The summed E-state index contributed by atoms with van der Waals surface area (Å²) in [5.74, 6) is 0. The fourth-order valence-corrected chi connectivity index (χ4v) is 2.36. The number of halogens is 3. The quantitative estimate of drug-likeness (QED) is 0.544. The molecule has 1 unspecified atom stereocenters. The Morgan fingerprint density at radius 3 is 2.67 bits per heavy atom. The zero-order valence-electron chi connectivity index (χ0n) is 9.31. The molecule has 0 radical (unpaired) electrons. The molecule has 100 valence electrons. The van der Waals surface area contributed by atoms with Crippen molar-refractivity contribution >= 4 is 42.6 Å². The molecule has 18 heavy (non-hydrogen) atoms. The highest BCUT2D eigenvalue weighted by Crippen LogP contribution is 2.49. The molecular formula is C10H10Cl3O4P. The summed E-state index contributed by atoms with van der Waals surface area (Å²) in [4.78, 5) is 0. The Hall–Kier alpha value is -0.220. The van der Waals surface area contributed by atoms with E-state index in [1.807, 2.05) is 0 Å². The van der Waals surface area contributed by atoms with E-state index < -0.39 is 7.82 Å². The average Bonchev–Trinajstić information content (AvgIpc) is 2.35. The molecule has 0 amide bonds. The van der Waals surface area contributed by atoms with Gasteiger partial charge in [-0.05, 0) is 17.7 Å². The number of phosphoric ester groups is 1. The number of benzene rings is 1. The number of phosphoric acid groups is 1. The molecule has 0 aliphatic rings. The van der Waals surface area contributed by atoms with Crippen molar-refractivity contribution in [2.45, 2.75) is 6.61 Å². The SMILES string of the molecule is COP(=O)(OC=CCl)OCc1ccc(Cl)cc1Cl. The lowest BCUT2D eigenvalue weighted by Crippen LogP contribution is -1.96. The monoisotopic (exact) mass is 330 g/mol. The molecule has 0 bridgehead atoms. The van der Waals surface area contributed by atoms with Gasteiger partial charge in [0.2, 0.25) is 0 Å². The van der Waals surface area contributed by atoms with Crippen molar-refractivity contribution in [3.63, 3.8) is 0 Å². The average molecular weight is 332 g/mol. The van der Waals surface area contributed by atoms with E-state index in [1.54, 1.807) is 18.2 Å². The predicted molar refractivity (Wildman–Crippen MR) is 71.9 cm³/mol. The van der Waals surface area contributed by atoms with Crippen molar-refractivity contribution in [1.82, 2.24) is 0 Å². The van der Waals surface area contributed by atoms with Crippen LogP contribution in [0.1, 0.15) is 5.56 Å². The van der Waals surface area contributed by atoms with Gasteiger partial charge in [-0.3, -0.25) is 9.05 Å². The smallest absolute Gasteiger partial charge is 0.411 e. The minimum atomic E-state index is -3.68. The second-order valence-electron chi connectivity index (χ2n) is 3.01. The molecule has 0 saturated heterocycles. The minimum absolute atomic E-state index is 0.0444. The second kappa shape index (κ2) is 7.39. The summed E-state index contributed by atoms with van der Waals surface area (Å²) >= 11 is 16.9. The molecule has 4 nitrogen and oxygen atoms in total. The first-order valence-corrected chi connectivity index (χ1v) is 7.34. The van der Waals surface area contributed by atoms with Gasteiger partial charge in [0.25, 0.3) is 0 Å². The maximum atomic E-state index is 11.8. The highest BCUT2D eigenvalue weighted by molar-refractivity contribution is 7.48. The topological polar surface area (TPSA) is 44.8 Å². The Morgan fingerprint density at radius 2 is 2.11 bits per heavy atom. The summed E-state index contributed by atoms with van der Waals surface area (Å²) in [6, 6.07) is 4.85. The normalized spacial score (nSPS) is 14.7. The molecule has 0 aliphatic heterocycles. The van der Waals surface area contributed by atoms with Gasteiger partial charge in [0.15, 0.2) is 0 Å². The van der Waals surface area contributed by atoms with E-state index in [0.717, 1.165) is 11.8 Å². The van der Waals surface area contributed by atoms with Crippen LogP contribution in [-0.2, 0) is 24.7 Å². The van der Waals surface area contributed by atoms with Crippen molar-refractivity contribution < 1.29 is 18.1 Å². The van der Waals surface area contributed by atoms with E-state index in [9.17, 15) is 4.57 Å². The molecule has 0 spiro atoms. The molecule has 0 aliphatic carbocycles. The Kier molecular flexibility index (Phi) is 6.50. The van der Waals surface area contributed by atoms with Crippen LogP contribution < -0.4 is 0 Å². The lowest BCUT2D eigenvalue weighted by Gasteiger charge is -2.14. The third-order valence-corrected chi connectivity index (χ3v) is 3.82. The van der Waals surface area contributed by atoms with Crippen molar-refractivity contribution in [3.8, 4) is 0 Å². The third-order valence-electron chi connectivity index (χ3n) is 1.86. The second-order valence-corrected chi connectivity index (χ2v) is 5.83. The predicted octanol–water partition coefficient (Wildman–Crippen LogP) is 4.99. The fourth-order valence-electron chi connectivity index (χ4n) is 1.01. The number of rotatable bonds is 6. The van der Waals surface area contributed by atoms with Crippen molar-refractivity contribution in [1.29, 1.82) is 0 Å². The standard InChI is InChI=1S/C10H10Cl3O4P/c1-15-18(14,16-5-4-11)17-7-8-2-3-9(12)6-10(8)13/h2-6H,7H2,1H3. The largest absolute Gasteiger partial charge is 0.529 e. The Morgan fingerprint density at radius 1 is 1.39 bits per heavy atom. The van der Waals surface area contributed by atoms with Crippen LogP contribution in [0.4, 0.5) is 0 Å². The summed E-state index contributed by atoms with van der Waals surface area (Å²) in [6.45, 7) is -0.0444. The van der Waals surface area contributed by atoms with E-state index in [0.29, 0.717) is 15.6 Å². The van der Waals surface area contributed by atoms with Gasteiger partial charge >= 0.3 is 7.82 Å². The van der Waals surface area contributed by atoms with Gasteiger partial charge < -0.3 is 4.52 Å². The van der Waals surface area contributed by atoms with Crippen LogP contribution in [0.15, 0.2) is 30.0 Å². The Labute approximate surface area is 120 Å². The van der Waals surface area contributed by atoms with E-state index in [4.69, 9.17) is 43.9 Å². The summed E-state index contributed by atoms with van der Waals surface area (Å²) in [7, 11) is -2.48. The van der Waals surface area contributed by atoms with Gasteiger partial charge in [0.05, 0.1) is 6.61 Å². The summed E-state index contributed by atoms with van der Waals surface area (Å²) < 4.78 is 26.3. The van der Waals surface area contributed by atoms with Gasteiger partial charge in [-0.15, -0.1) is 0 Å². The van der Waals surface area contributed by atoms with Crippen LogP contribution >= 0.6 is 42.6 Å². The molecule has 1 rings (SSSR count). The van der Waals surface area contributed by atoms with Crippen LogP contribution in [-0.4, -0.2) is 7.11 Å². The van der Waals surface area contributed by atoms with Crippen LogP contribution in [0.3, 0.4) is 0 Å². The fraction of sp³-hybridized carbons (Fsp3) is 0.200. The molecule has 1 aromatic rings. The molecule has 0 saturated carbocycles. The molecule has 1 atom stereocenters. The highest BCUT2D eigenvalue weighted by Gasteiger charge is 2.25. The summed E-state index contributed by atoms with van der Waals surface area (Å²) in [5, 5.41) is 0.901. The number of hydrogen-bond donors (Lipinski definition) is 0. The zero-order chi connectivity index (χ0) is 13.6. The molecule has 0 aromatic heterocycles. The minimum Gasteiger partial charge on any atom is -0.411 e. The molecule has 1 aromatic carbocycles. The van der Waals surface area contributed by atoms with Crippen LogP contribution in [0.25, 0.3) is 0 Å². The first-order chi connectivity index (χ1) is 8.50. The van der Waals surface area contributed by atoms with E-state index in [-0.39, 0.29) is 6.61 Å². The van der Waals surface area contributed by atoms with Crippen molar-refractivity contribution in [3.05, 3.63) is 45.6 Å². The summed E-state index contributed by atoms with van der Waals surface area (Å²) in [6.07, 6.45) is 1.01. The number of hydrogen-bond acceptors (Lipinski definition) is 4. The molecule has 0 heterocycles. The van der Waals surface area contributed by atoms with Crippen LogP contribution in [0, 0.1) is 0 Å². The lowest BCUT2D eigenvalue weighted by atomic mass is 10.2. The molecule has 0 N–H and O–H groups in total. The molecular weight excluding hydrogens is 321 g/mol. The summed E-state index contributed by atoms with van der Waals surface area (Å²) in [5.41, 5.74) is 1.65. The maximum absolute atomic E-state index is 11.8. The first kappa shape index (κ1) is 15.8. The van der Waals surface area contributed by atoms with Gasteiger partial charge in [-0.2, -0.15) is 0 Å². The van der Waals surface area contributed by atoms with Crippen LogP contribution in [0.2, 0.25) is 10.0 Å². The van der Waals surface area contributed by atoms with E-state index >= 15 is 0 Å². The van der Waals surface area contributed by atoms with Gasteiger partial charge in [-0.25, -0.2) is 4.57 Å². The lowest BCUT2D eigenvalue weighted by molar-refractivity contribution is 0.158. The van der Waals surface area contributed by atoms with E-state index in [1.165, 1.54) is 7.11 Å².